The Kier molecular flexibility index (Phi) is 3.41. The maximum Gasteiger partial charge on any atom is 0.135 e. The second kappa shape index (κ2) is 9.44. The van der Waals surface area contributed by atoms with E-state index in [1.807, 2.05) is 60.7 Å². The molecule has 0 saturated heterocycles. The largest absolute Gasteiger partial charge is 0.456 e. The molecule has 0 aliphatic heterocycles. The van der Waals surface area contributed by atoms with Crippen LogP contribution in [0.25, 0.3) is 87.6 Å². The summed E-state index contributed by atoms with van der Waals surface area (Å²) in [5.41, 5.74) is 1.19. The quantitative estimate of drug-likeness (QED) is 0.197. The maximum absolute atomic E-state index is 9.70. The molecule has 200 valence electrons. The van der Waals surface area contributed by atoms with Crippen LogP contribution in [-0.4, -0.2) is 0 Å². The van der Waals surface area contributed by atoms with Crippen molar-refractivity contribution in [3.05, 3.63) is 157 Å². The van der Waals surface area contributed by atoms with Crippen LogP contribution in [0.5, 0.6) is 0 Å². The molecule has 0 amide bonds. The van der Waals surface area contributed by atoms with Gasteiger partial charge in [0.15, 0.2) is 0 Å². The van der Waals surface area contributed by atoms with Gasteiger partial charge < -0.3 is 4.42 Å². The van der Waals surface area contributed by atoms with Crippen molar-refractivity contribution < 1.29 is 19.5 Å². The van der Waals surface area contributed by atoms with E-state index in [1.54, 1.807) is 0 Å². The molecule has 0 N–H and O–H groups in total. The Hall–Kier alpha value is -5.66. The summed E-state index contributed by atoms with van der Waals surface area (Å²) in [6.07, 6.45) is 0. The molecule has 0 fully saturated rings. The highest BCUT2D eigenvalue weighted by Crippen LogP contribution is 2.44. The van der Waals surface area contributed by atoms with Crippen LogP contribution < -0.4 is 0 Å². The fourth-order valence-corrected chi connectivity index (χ4v) is 6.08. The van der Waals surface area contributed by atoms with Crippen LogP contribution in [0, 0.1) is 0 Å². The van der Waals surface area contributed by atoms with Crippen molar-refractivity contribution >= 4 is 54.3 Å². The van der Waals surface area contributed by atoms with E-state index in [1.165, 1.54) is 0 Å². The topological polar surface area (TPSA) is 13.1 Å². The molecular formula is C42H26O. The van der Waals surface area contributed by atoms with Crippen LogP contribution in [0.2, 0.25) is 0 Å². The summed E-state index contributed by atoms with van der Waals surface area (Å²) in [6.45, 7) is 0. The van der Waals surface area contributed by atoms with Crippen LogP contribution in [-0.2, 0) is 0 Å². The molecule has 0 unspecified atom stereocenters. The van der Waals surface area contributed by atoms with Gasteiger partial charge in [-0.15, -0.1) is 0 Å². The van der Waals surface area contributed by atoms with E-state index in [2.05, 4.69) is 30.3 Å². The third kappa shape index (κ3) is 3.79. The first-order valence-corrected chi connectivity index (χ1v) is 13.9. The maximum atomic E-state index is 9.70. The molecule has 0 saturated carbocycles. The summed E-state index contributed by atoms with van der Waals surface area (Å²) in [4.78, 5) is 0. The zero-order valence-electron chi connectivity index (χ0n) is 33.6. The molecule has 9 aromatic rings. The van der Waals surface area contributed by atoms with Gasteiger partial charge in [0.2, 0.25) is 0 Å². The van der Waals surface area contributed by atoms with Gasteiger partial charge in [-0.2, -0.15) is 0 Å². The molecule has 0 spiro atoms. The molecule has 43 heavy (non-hydrogen) atoms. The number of hydrogen-bond acceptors (Lipinski definition) is 1. The Labute approximate surface area is 264 Å². The molecule has 1 nitrogen and oxygen atoms in total. The Bertz CT molecular complexity index is 3070. The lowest BCUT2D eigenvalue weighted by Gasteiger charge is -2.18. The minimum Gasteiger partial charge on any atom is -0.456 e. The summed E-state index contributed by atoms with van der Waals surface area (Å²) in [6, 6.07) is 24.0. The lowest BCUT2D eigenvalue weighted by atomic mass is 9.85. The average Bonchev–Trinajstić information content (AvgIpc) is 3.60. The smallest absolute Gasteiger partial charge is 0.135 e. The van der Waals surface area contributed by atoms with Crippen molar-refractivity contribution in [1.29, 1.82) is 0 Å². The Morgan fingerprint density at radius 2 is 1.00 bits per heavy atom. The molecule has 1 heterocycles. The number of benzene rings is 8. The predicted molar refractivity (Wildman–Crippen MR) is 183 cm³/mol. The number of para-hydroxylation sites is 1. The average molecular weight is 558 g/mol. The number of rotatable bonds is 3. The summed E-state index contributed by atoms with van der Waals surface area (Å²) in [7, 11) is 0. The molecular weight excluding hydrogens is 520 g/mol. The van der Waals surface area contributed by atoms with E-state index in [0.29, 0.717) is 16.3 Å². The molecule has 0 atom stereocenters. The SMILES string of the molecule is [2H]c1c([2H])c(-c2c([2H])c([2H])c3oc4c([2H])c([2H])c([2H])c([2H])c4c3c2[2H])c([2H])c(-c2c3ccccc3c(-c3ccc4ccccc4c3)c3ccccc23)c1[2H]. The normalized spacial score (nSPS) is 15.3. The van der Waals surface area contributed by atoms with Gasteiger partial charge in [-0.05, 0) is 95.9 Å². The van der Waals surface area contributed by atoms with Gasteiger partial charge in [-0.25, -0.2) is 0 Å². The second-order valence-electron chi connectivity index (χ2n) is 10.4. The van der Waals surface area contributed by atoms with Gasteiger partial charge in [0.05, 0.1) is 15.1 Å². The second-order valence-corrected chi connectivity index (χ2v) is 10.4. The molecule has 9 rings (SSSR count). The van der Waals surface area contributed by atoms with E-state index < -0.39 is 54.4 Å². The van der Waals surface area contributed by atoms with E-state index in [4.69, 9.17) is 15.4 Å². The van der Waals surface area contributed by atoms with Crippen molar-refractivity contribution in [1.82, 2.24) is 0 Å². The lowest BCUT2D eigenvalue weighted by molar-refractivity contribution is 0.669. The van der Waals surface area contributed by atoms with Gasteiger partial charge in [0.25, 0.3) is 0 Å². The fraction of sp³-hybridized carbons (Fsp3) is 0. The lowest BCUT2D eigenvalue weighted by Crippen LogP contribution is -1.91. The number of hydrogen-bond donors (Lipinski definition) is 0. The minimum absolute atomic E-state index is 0.0212. The minimum atomic E-state index is -0.578. The molecule has 1 aromatic heterocycles. The van der Waals surface area contributed by atoms with E-state index >= 15 is 0 Å². The van der Waals surface area contributed by atoms with Crippen molar-refractivity contribution in [3.8, 4) is 33.4 Å². The van der Waals surface area contributed by atoms with Crippen LogP contribution >= 0.6 is 0 Å². The van der Waals surface area contributed by atoms with Crippen LogP contribution in [0.15, 0.2) is 162 Å². The highest BCUT2D eigenvalue weighted by molar-refractivity contribution is 6.22. The highest BCUT2D eigenvalue weighted by Gasteiger charge is 2.17. The van der Waals surface area contributed by atoms with Crippen LogP contribution in [0.3, 0.4) is 0 Å². The molecule has 0 aliphatic carbocycles. The van der Waals surface area contributed by atoms with E-state index in [9.17, 15) is 4.11 Å². The monoisotopic (exact) mass is 557 g/mol. The fourth-order valence-electron chi connectivity index (χ4n) is 6.08. The molecule has 0 radical (unpaired) electrons. The Morgan fingerprint density at radius 3 is 1.77 bits per heavy atom. The van der Waals surface area contributed by atoms with Gasteiger partial charge in [0, 0.05) is 10.8 Å². The highest BCUT2D eigenvalue weighted by atomic mass is 16.3. The van der Waals surface area contributed by atoms with E-state index in [-0.39, 0.29) is 50.7 Å². The molecule has 8 aromatic carbocycles. The molecule has 0 aliphatic rings. The van der Waals surface area contributed by atoms with Crippen LogP contribution in [0.4, 0.5) is 0 Å². The van der Waals surface area contributed by atoms with Crippen molar-refractivity contribution in [2.24, 2.45) is 0 Å². The molecule has 0 bridgehead atoms. The summed E-state index contributed by atoms with van der Waals surface area (Å²) < 4.78 is 103. The van der Waals surface area contributed by atoms with Gasteiger partial charge in [0.1, 0.15) is 11.2 Å². The zero-order chi connectivity index (χ0) is 37.9. The van der Waals surface area contributed by atoms with Gasteiger partial charge >= 0.3 is 0 Å². The van der Waals surface area contributed by atoms with Crippen molar-refractivity contribution in [2.75, 3.05) is 0 Å². The van der Waals surface area contributed by atoms with Crippen molar-refractivity contribution in [2.45, 2.75) is 0 Å². The summed E-state index contributed by atoms with van der Waals surface area (Å²) in [5.74, 6) is 0. The predicted octanol–water partition coefficient (Wildman–Crippen LogP) is 12.0. The third-order valence-corrected chi connectivity index (χ3v) is 7.98. The zero-order valence-corrected chi connectivity index (χ0v) is 22.6. The van der Waals surface area contributed by atoms with Gasteiger partial charge in [-0.1, -0.05) is 127 Å². The number of fused-ring (bicyclic) bond motifs is 6. The first-order valence-electron chi connectivity index (χ1n) is 19.4. The number of furan rings is 1. The summed E-state index contributed by atoms with van der Waals surface area (Å²) in [5, 5.41) is 4.89. The first-order chi connectivity index (χ1) is 25.9. The summed E-state index contributed by atoms with van der Waals surface area (Å²) >= 11 is 0. The van der Waals surface area contributed by atoms with E-state index in [0.717, 1.165) is 32.7 Å². The Balaban J connectivity index is 1.41. The van der Waals surface area contributed by atoms with Crippen molar-refractivity contribution in [3.63, 3.8) is 0 Å². The van der Waals surface area contributed by atoms with Crippen LogP contribution in [0.1, 0.15) is 15.1 Å². The molecule has 1 heteroatoms. The standard InChI is InChI=1S/C42H26O/c1-2-11-28-24-32(21-20-27(28)10-1)42-36-17-5-3-15-34(36)41(35-16-4-6-18-37(35)42)31-13-9-12-29(25-31)30-22-23-40-38(26-30)33-14-7-8-19-39(33)43-40/h1-26H/i7D,8D,9D,12D,13D,14D,19D,22D,23D,25D,26D. The third-order valence-electron chi connectivity index (χ3n) is 7.98. The first kappa shape index (κ1) is 15.5. The Morgan fingerprint density at radius 1 is 0.395 bits per heavy atom. The van der Waals surface area contributed by atoms with Gasteiger partial charge in [-0.3, -0.25) is 0 Å².